The first kappa shape index (κ1) is 18.9. The molecule has 0 spiro atoms. The number of piperidine rings is 1. The van der Waals surface area contributed by atoms with Gasteiger partial charge in [-0.2, -0.15) is 0 Å². The van der Waals surface area contributed by atoms with Crippen LogP contribution in [-0.2, 0) is 9.59 Å². The van der Waals surface area contributed by atoms with Gasteiger partial charge in [0.05, 0.1) is 11.6 Å². The van der Waals surface area contributed by atoms with E-state index in [2.05, 4.69) is 28.9 Å². The van der Waals surface area contributed by atoms with Gasteiger partial charge in [-0.15, -0.1) is 0 Å². The van der Waals surface area contributed by atoms with E-state index in [1.54, 1.807) is 0 Å². The Morgan fingerprint density at radius 1 is 1.08 bits per heavy atom. The molecule has 2 amide bonds. The van der Waals surface area contributed by atoms with E-state index in [0.717, 1.165) is 51.3 Å². The molecule has 0 saturated carbocycles. The summed E-state index contributed by atoms with van der Waals surface area (Å²) in [5.74, 6) is -0.104. The Hall–Kier alpha value is -1.92. The highest BCUT2D eigenvalue weighted by Crippen LogP contribution is 2.26. The number of primary amides is 1. The largest absolute Gasteiger partial charge is 0.368 e. The molecule has 2 aliphatic heterocycles. The zero-order chi connectivity index (χ0) is 18.9. The molecule has 0 radical (unpaired) electrons. The number of carbonyl (C=O) groups excluding carboxylic acids is 2. The van der Waals surface area contributed by atoms with E-state index < -0.39 is 5.54 Å². The van der Waals surface area contributed by atoms with Crippen molar-refractivity contribution >= 4 is 17.5 Å². The van der Waals surface area contributed by atoms with Gasteiger partial charge >= 0.3 is 0 Å². The molecule has 6 nitrogen and oxygen atoms in total. The number of nitrogens with zero attached hydrogens (tertiary/aromatic N) is 3. The van der Waals surface area contributed by atoms with Crippen molar-refractivity contribution in [3.8, 4) is 0 Å². The topological polar surface area (TPSA) is 69.9 Å². The van der Waals surface area contributed by atoms with E-state index in [1.807, 2.05) is 30.9 Å². The highest BCUT2D eigenvalue weighted by Gasteiger charge is 2.39. The van der Waals surface area contributed by atoms with Crippen molar-refractivity contribution in [3.05, 3.63) is 29.8 Å². The molecule has 2 fully saturated rings. The number of piperazine rings is 1. The molecule has 0 bridgehead atoms. The summed E-state index contributed by atoms with van der Waals surface area (Å²) in [6.07, 6.45) is 1.91. The fourth-order valence-electron chi connectivity index (χ4n) is 3.92. The minimum atomic E-state index is -0.642. The summed E-state index contributed by atoms with van der Waals surface area (Å²) in [6, 6.07) is 8.10. The zero-order valence-electron chi connectivity index (χ0n) is 16.1. The maximum absolute atomic E-state index is 13.1. The average molecular weight is 358 g/mol. The molecule has 2 saturated heterocycles. The van der Waals surface area contributed by atoms with Crippen LogP contribution in [0.4, 0.5) is 5.69 Å². The molecule has 0 aromatic heterocycles. The number of aryl methyl sites for hydroxylation is 1. The van der Waals surface area contributed by atoms with Gasteiger partial charge in [-0.05, 0) is 45.7 Å². The lowest BCUT2D eigenvalue weighted by atomic mass is 9.98. The first-order valence-corrected chi connectivity index (χ1v) is 9.48. The van der Waals surface area contributed by atoms with Crippen LogP contribution in [0, 0.1) is 6.92 Å². The van der Waals surface area contributed by atoms with Gasteiger partial charge in [0.1, 0.15) is 0 Å². The SMILES string of the molecule is Cc1ccc(N2CCC[C@H](N3CCN(C(C)(C)C(N)=O)CC3)C2=O)cc1. The van der Waals surface area contributed by atoms with Crippen molar-refractivity contribution in [2.24, 2.45) is 5.73 Å². The Labute approximate surface area is 155 Å². The highest BCUT2D eigenvalue weighted by molar-refractivity contribution is 5.98. The molecule has 1 aromatic carbocycles. The van der Waals surface area contributed by atoms with Crippen molar-refractivity contribution in [3.63, 3.8) is 0 Å². The van der Waals surface area contributed by atoms with Crippen molar-refractivity contribution in [2.75, 3.05) is 37.6 Å². The summed E-state index contributed by atoms with van der Waals surface area (Å²) < 4.78 is 0. The van der Waals surface area contributed by atoms with Crippen LogP contribution >= 0.6 is 0 Å². The van der Waals surface area contributed by atoms with Crippen LogP contribution in [0.2, 0.25) is 0 Å². The Morgan fingerprint density at radius 2 is 1.69 bits per heavy atom. The predicted octanol–water partition coefficient (Wildman–Crippen LogP) is 1.37. The van der Waals surface area contributed by atoms with Crippen molar-refractivity contribution in [1.29, 1.82) is 0 Å². The van der Waals surface area contributed by atoms with Crippen LogP contribution in [0.1, 0.15) is 32.3 Å². The predicted molar refractivity (Wildman–Crippen MR) is 103 cm³/mol. The fraction of sp³-hybridized carbons (Fsp3) is 0.600. The Morgan fingerprint density at radius 3 is 2.27 bits per heavy atom. The summed E-state index contributed by atoms with van der Waals surface area (Å²) in [5.41, 5.74) is 7.08. The molecule has 2 heterocycles. The second-order valence-corrected chi connectivity index (χ2v) is 7.93. The number of nitrogens with two attached hydrogens (primary N) is 1. The Bertz CT molecular complexity index is 663. The molecule has 0 unspecified atom stereocenters. The van der Waals surface area contributed by atoms with E-state index in [-0.39, 0.29) is 17.9 Å². The van der Waals surface area contributed by atoms with E-state index in [0.29, 0.717) is 0 Å². The molecular weight excluding hydrogens is 328 g/mol. The standard InChI is InChI=1S/C20H30N4O2/c1-15-6-8-16(9-7-15)24-10-4-5-17(18(24)25)22-11-13-23(14-12-22)20(2,3)19(21)26/h6-9,17H,4-5,10-14H2,1-3H3,(H2,21,26)/t17-/m0/s1. The summed E-state index contributed by atoms with van der Waals surface area (Å²) in [7, 11) is 0. The zero-order valence-corrected chi connectivity index (χ0v) is 16.1. The molecule has 2 N–H and O–H groups in total. The van der Waals surface area contributed by atoms with Crippen LogP contribution in [-0.4, -0.2) is 65.9 Å². The fourth-order valence-corrected chi connectivity index (χ4v) is 3.92. The van der Waals surface area contributed by atoms with Crippen LogP contribution in [0.3, 0.4) is 0 Å². The number of hydrogen-bond donors (Lipinski definition) is 1. The third-order valence-corrected chi connectivity index (χ3v) is 5.90. The van der Waals surface area contributed by atoms with Crippen LogP contribution in [0.5, 0.6) is 0 Å². The number of amides is 2. The molecule has 2 aliphatic rings. The lowest BCUT2D eigenvalue weighted by Gasteiger charge is -2.46. The van der Waals surface area contributed by atoms with Crippen molar-refractivity contribution < 1.29 is 9.59 Å². The smallest absolute Gasteiger partial charge is 0.244 e. The lowest BCUT2D eigenvalue weighted by Crippen LogP contribution is -2.63. The molecule has 1 atom stereocenters. The van der Waals surface area contributed by atoms with Crippen molar-refractivity contribution in [1.82, 2.24) is 9.80 Å². The highest BCUT2D eigenvalue weighted by atomic mass is 16.2. The second kappa shape index (κ2) is 7.37. The summed E-state index contributed by atoms with van der Waals surface area (Å²) in [5, 5.41) is 0. The van der Waals surface area contributed by atoms with Gasteiger partial charge in [-0.1, -0.05) is 17.7 Å². The monoisotopic (exact) mass is 358 g/mol. The van der Waals surface area contributed by atoms with E-state index in [4.69, 9.17) is 5.73 Å². The summed E-state index contributed by atoms with van der Waals surface area (Å²) >= 11 is 0. The summed E-state index contributed by atoms with van der Waals surface area (Å²) in [6.45, 7) is 9.66. The normalized spacial score (nSPS) is 23.3. The maximum atomic E-state index is 13.1. The maximum Gasteiger partial charge on any atom is 0.244 e. The van der Waals surface area contributed by atoms with Gasteiger partial charge in [-0.25, -0.2) is 0 Å². The Balaban J connectivity index is 1.66. The molecule has 1 aromatic rings. The van der Waals surface area contributed by atoms with Gasteiger partial charge in [-0.3, -0.25) is 19.4 Å². The molecular formula is C20H30N4O2. The first-order chi connectivity index (χ1) is 12.3. The van der Waals surface area contributed by atoms with Crippen LogP contribution in [0.15, 0.2) is 24.3 Å². The quantitative estimate of drug-likeness (QED) is 0.883. The molecule has 142 valence electrons. The molecule has 3 rings (SSSR count). The van der Waals surface area contributed by atoms with Crippen LogP contribution < -0.4 is 10.6 Å². The van der Waals surface area contributed by atoms with Crippen molar-refractivity contribution in [2.45, 2.75) is 45.2 Å². The molecule has 6 heteroatoms. The van der Waals surface area contributed by atoms with E-state index >= 15 is 0 Å². The van der Waals surface area contributed by atoms with Gasteiger partial charge in [0, 0.05) is 38.4 Å². The van der Waals surface area contributed by atoms with Gasteiger partial charge in [0.2, 0.25) is 11.8 Å². The minimum Gasteiger partial charge on any atom is -0.368 e. The number of hydrogen-bond acceptors (Lipinski definition) is 4. The number of benzene rings is 1. The van der Waals surface area contributed by atoms with Gasteiger partial charge < -0.3 is 10.6 Å². The third-order valence-electron chi connectivity index (χ3n) is 5.90. The number of carbonyl (C=O) groups is 2. The Kier molecular flexibility index (Phi) is 5.34. The van der Waals surface area contributed by atoms with Gasteiger partial charge in [0.25, 0.3) is 0 Å². The number of anilines is 1. The lowest BCUT2D eigenvalue weighted by molar-refractivity contribution is -0.132. The van der Waals surface area contributed by atoms with Crippen LogP contribution in [0.25, 0.3) is 0 Å². The third kappa shape index (κ3) is 3.62. The van der Waals surface area contributed by atoms with Gasteiger partial charge in [0.15, 0.2) is 0 Å². The van der Waals surface area contributed by atoms with E-state index in [9.17, 15) is 9.59 Å². The number of rotatable bonds is 4. The summed E-state index contributed by atoms with van der Waals surface area (Å²) in [4.78, 5) is 31.1. The molecule has 26 heavy (non-hydrogen) atoms. The average Bonchev–Trinajstić information content (AvgIpc) is 2.63. The second-order valence-electron chi connectivity index (χ2n) is 7.93. The first-order valence-electron chi connectivity index (χ1n) is 9.48. The van der Waals surface area contributed by atoms with E-state index in [1.165, 1.54) is 5.56 Å². The minimum absolute atomic E-state index is 0.0658. The molecule has 0 aliphatic carbocycles.